The van der Waals surface area contributed by atoms with Crippen molar-refractivity contribution in [2.45, 2.75) is 64.1 Å². The van der Waals surface area contributed by atoms with E-state index in [0.717, 1.165) is 78.3 Å². The Labute approximate surface area is 294 Å². The van der Waals surface area contributed by atoms with Gasteiger partial charge in [0.15, 0.2) is 10.8 Å². The van der Waals surface area contributed by atoms with Gasteiger partial charge in [-0.3, -0.25) is 19.7 Å². The third-order valence-corrected chi connectivity index (χ3v) is 11.7. The molecule has 0 bridgehead atoms. The van der Waals surface area contributed by atoms with Crippen LogP contribution in [0.3, 0.4) is 0 Å². The number of nitrogens with one attached hydrogen (secondary N) is 1. The van der Waals surface area contributed by atoms with Crippen LogP contribution in [0.2, 0.25) is 0 Å². The van der Waals surface area contributed by atoms with Crippen molar-refractivity contribution in [1.82, 2.24) is 24.6 Å². The molecule has 2 N–H and O–H groups in total. The van der Waals surface area contributed by atoms with Gasteiger partial charge in [0.2, 0.25) is 0 Å². The number of ether oxygens (including phenoxy) is 1. The van der Waals surface area contributed by atoms with E-state index < -0.39 is 5.97 Å². The molecule has 8 rings (SSSR count). The molecule has 0 spiro atoms. The van der Waals surface area contributed by atoms with Crippen LogP contribution in [0, 0.1) is 6.92 Å². The van der Waals surface area contributed by atoms with Gasteiger partial charge < -0.3 is 14.7 Å². The topological polar surface area (TPSA) is 126 Å². The number of hydrogen-bond donors (Lipinski definition) is 2. The van der Waals surface area contributed by atoms with Crippen LogP contribution in [-0.2, 0) is 24.2 Å². The largest absolute Gasteiger partial charge is 0.476 e. The maximum atomic E-state index is 13.5. The Hall–Kier alpha value is -4.65. The normalized spacial score (nSPS) is 17.8. The number of carboxylic acids is 1. The Morgan fingerprint density at radius 2 is 1.78 bits per heavy atom. The van der Waals surface area contributed by atoms with Crippen LogP contribution in [0.5, 0.6) is 0 Å². The highest BCUT2D eigenvalue weighted by atomic mass is 32.1. The number of aromatic carboxylic acids is 1. The summed E-state index contributed by atoms with van der Waals surface area (Å²) in [5.74, 6) is -0.732. The second-order valence-corrected chi connectivity index (χ2v) is 14.6. The van der Waals surface area contributed by atoms with Crippen molar-refractivity contribution in [3.05, 3.63) is 88.9 Å². The summed E-state index contributed by atoms with van der Waals surface area (Å²) in [6.07, 6.45) is 8.43. The van der Waals surface area contributed by atoms with Crippen molar-refractivity contribution in [1.29, 1.82) is 0 Å². The molecule has 5 aromatic rings. The molecule has 3 aromatic heterocycles. The highest BCUT2D eigenvalue weighted by Crippen LogP contribution is 2.38. The van der Waals surface area contributed by atoms with Gasteiger partial charge in [0.25, 0.3) is 5.91 Å². The van der Waals surface area contributed by atoms with Crippen LogP contribution < -0.4 is 10.2 Å². The zero-order valence-corrected chi connectivity index (χ0v) is 29.0. The number of aromatic nitrogens is 4. The summed E-state index contributed by atoms with van der Waals surface area (Å²) in [5, 5.41) is 18.8. The van der Waals surface area contributed by atoms with Gasteiger partial charge in [0, 0.05) is 54.1 Å². The Morgan fingerprint density at radius 1 is 0.960 bits per heavy atom. The third-order valence-electron chi connectivity index (χ3n) is 10.7. The van der Waals surface area contributed by atoms with Gasteiger partial charge in [-0.2, -0.15) is 5.10 Å². The van der Waals surface area contributed by atoms with E-state index in [1.807, 2.05) is 55.5 Å². The van der Waals surface area contributed by atoms with Crippen molar-refractivity contribution >= 4 is 44.4 Å². The van der Waals surface area contributed by atoms with Crippen LogP contribution in [0.4, 0.5) is 10.9 Å². The molecule has 1 aliphatic carbocycles. The molecular formula is C38H41N7O4S. The average Bonchev–Trinajstić information content (AvgIpc) is 3.73. The van der Waals surface area contributed by atoms with Crippen LogP contribution in [-0.4, -0.2) is 80.0 Å². The Bertz CT molecular complexity index is 2030. The highest BCUT2D eigenvalue weighted by molar-refractivity contribution is 7.22. The number of carboxylic acid groups (broad SMARTS) is 1. The molecule has 0 unspecified atom stereocenters. The number of hydrogen-bond acceptors (Lipinski definition) is 9. The molecule has 50 heavy (non-hydrogen) atoms. The van der Waals surface area contributed by atoms with E-state index in [0.29, 0.717) is 41.6 Å². The molecule has 12 heteroatoms. The molecule has 2 aromatic carbocycles. The summed E-state index contributed by atoms with van der Waals surface area (Å²) in [5.41, 5.74) is 5.75. The molecule has 1 amide bonds. The minimum atomic E-state index is -1.08. The smallest absolute Gasteiger partial charge is 0.355 e. The Morgan fingerprint density at radius 3 is 2.58 bits per heavy atom. The second kappa shape index (κ2) is 13.6. The van der Waals surface area contributed by atoms with Crippen molar-refractivity contribution < 1.29 is 19.4 Å². The fourth-order valence-electron chi connectivity index (χ4n) is 8.06. The van der Waals surface area contributed by atoms with Crippen molar-refractivity contribution in [2.24, 2.45) is 0 Å². The molecule has 0 atom stereocenters. The number of anilines is 2. The van der Waals surface area contributed by atoms with Gasteiger partial charge in [-0.25, -0.2) is 14.8 Å². The lowest BCUT2D eigenvalue weighted by Gasteiger charge is -2.48. The number of benzene rings is 2. The summed E-state index contributed by atoms with van der Waals surface area (Å²) < 4.78 is 8.75. The van der Waals surface area contributed by atoms with E-state index in [1.165, 1.54) is 30.6 Å². The fraction of sp³-hybridized carbons (Fsp3) is 0.395. The standard InChI is InChI=1S/C38H41N7O4S/c1-25-29(22-39-45(25)24-38(15-5-2-6-16-38)44-18-20-49-21-19-44)27-12-13-33(41-34(27)36(47)48)43-17-14-26-8-7-9-28(30(26)23-43)35(46)42-37-40-31-10-3-4-11-32(31)50-37/h3-4,7-13,22H,2,5-6,14-21,23-24H2,1H3,(H,47,48)(H,40,42,46). The summed E-state index contributed by atoms with van der Waals surface area (Å²) in [4.78, 5) is 40.2. The summed E-state index contributed by atoms with van der Waals surface area (Å²) in [6.45, 7) is 7.26. The molecule has 11 nitrogen and oxygen atoms in total. The van der Waals surface area contributed by atoms with Crippen molar-refractivity contribution in [2.75, 3.05) is 43.1 Å². The number of carbonyl (C=O) groups excluding carboxylic acids is 1. The van der Waals surface area contributed by atoms with E-state index in [2.05, 4.69) is 30.8 Å². The van der Waals surface area contributed by atoms with Gasteiger partial charge in [-0.15, -0.1) is 0 Å². The highest BCUT2D eigenvalue weighted by Gasteiger charge is 2.40. The first-order chi connectivity index (χ1) is 24.4. The Balaban J connectivity index is 1.04. The molecular weight excluding hydrogens is 651 g/mol. The number of amides is 1. The predicted octanol–water partition coefficient (Wildman–Crippen LogP) is 6.41. The van der Waals surface area contributed by atoms with Crippen LogP contribution in [0.1, 0.15) is 69.8 Å². The van der Waals surface area contributed by atoms with Gasteiger partial charge in [-0.1, -0.05) is 54.9 Å². The van der Waals surface area contributed by atoms with Gasteiger partial charge in [0.05, 0.1) is 36.2 Å². The third kappa shape index (κ3) is 6.16. The number of rotatable bonds is 8. The summed E-state index contributed by atoms with van der Waals surface area (Å²) in [7, 11) is 0. The first kappa shape index (κ1) is 32.5. The van der Waals surface area contributed by atoms with E-state index >= 15 is 0 Å². The van der Waals surface area contributed by atoms with Crippen LogP contribution in [0.15, 0.2) is 60.8 Å². The second-order valence-electron chi connectivity index (χ2n) is 13.6. The predicted molar refractivity (Wildman–Crippen MR) is 194 cm³/mol. The van der Waals surface area contributed by atoms with Crippen molar-refractivity contribution in [3.63, 3.8) is 0 Å². The average molecular weight is 692 g/mol. The van der Waals surface area contributed by atoms with Gasteiger partial charge in [0.1, 0.15) is 5.82 Å². The number of morpholine rings is 1. The summed E-state index contributed by atoms with van der Waals surface area (Å²) >= 11 is 1.44. The molecule has 258 valence electrons. The zero-order valence-electron chi connectivity index (χ0n) is 28.2. The van der Waals surface area contributed by atoms with E-state index in [9.17, 15) is 14.7 Å². The van der Waals surface area contributed by atoms with E-state index in [-0.39, 0.29) is 17.1 Å². The number of pyridine rings is 1. The zero-order chi connectivity index (χ0) is 34.2. The van der Waals surface area contributed by atoms with E-state index in [1.54, 1.807) is 6.20 Å². The number of carbonyl (C=O) groups is 2. The lowest BCUT2D eigenvalue weighted by molar-refractivity contribution is -0.0461. The lowest BCUT2D eigenvalue weighted by Crippen LogP contribution is -2.56. The molecule has 3 aliphatic rings. The maximum absolute atomic E-state index is 13.5. The molecule has 5 heterocycles. The van der Waals surface area contributed by atoms with Crippen LogP contribution in [0.25, 0.3) is 21.3 Å². The number of fused-ring (bicyclic) bond motifs is 2. The molecule has 2 aliphatic heterocycles. The first-order valence-electron chi connectivity index (χ1n) is 17.5. The SMILES string of the molecule is Cc1c(-c2ccc(N3CCc4cccc(C(=O)Nc5nc6ccccc6s5)c4C3)nc2C(=O)O)cnn1CC1(N2CCOCC2)CCCCC1. The molecule has 0 radical (unpaired) electrons. The minimum absolute atomic E-state index is 0.00151. The monoisotopic (exact) mass is 691 g/mol. The first-order valence-corrected chi connectivity index (χ1v) is 18.3. The number of nitrogens with zero attached hydrogens (tertiary/aromatic N) is 6. The lowest BCUT2D eigenvalue weighted by atomic mass is 9.79. The quantitative estimate of drug-likeness (QED) is 0.190. The number of para-hydroxylation sites is 1. The summed E-state index contributed by atoms with van der Waals surface area (Å²) in [6, 6.07) is 17.4. The van der Waals surface area contributed by atoms with E-state index in [4.69, 9.17) is 14.8 Å². The van der Waals surface area contributed by atoms with Crippen molar-refractivity contribution in [3.8, 4) is 11.1 Å². The van der Waals surface area contributed by atoms with Crippen LogP contribution >= 0.6 is 11.3 Å². The van der Waals surface area contributed by atoms with Gasteiger partial charge >= 0.3 is 5.97 Å². The Kier molecular flexibility index (Phi) is 8.84. The molecule has 1 saturated heterocycles. The maximum Gasteiger partial charge on any atom is 0.355 e. The van der Waals surface area contributed by atoms with Gasteiger partial charge in [-0.05, 0) is 67.6 Å². The minimum Gasteiger partial charge on any atom is -0.476 e. The number of thiazole rings is 1. The molecule has 2 fully saturated rings. The molecule has 1 saturated carbocycles. The fourth-order valence-corrected chi connectivity index (χ4v) is 8.92.